The average Bonchev–Trinajstić information content (AvgIpc) is 3.27. The second-order valence-electron chi connectivity index (χ2n) is 7.69. The molecule has 32 heavy (non-hydrogen) atoms. The summed E-state index contributed by atoms with van der Waals surface area (Å²) in [6.45, 7) is 3.93. The number of morpholine rings is 1. The van der Waals surface area contributed by atoms with E-state index in [0.717, 1.165) is 49.4 Å². The number of fused-ring (bicyclic) bond motifs is 1. The maximum Gasteiger partial charge on any atom is 0.295 e. The molecule has 2 aromatic heterocycles. The molecule has 0 radical (unpaired) electrons. The van der Waals surface area contributed by atoms with Gasteiger partial charge in [-0.25, -0.2) is 4.98 Å². The molecule has 0 aliphatic carbocycles. The highest BCUT2D eigenvalue weighted by Crippen LogP contribution is 2.25. The zero-order valence-electron chi connectivity index (χ0n) is 17.4. The highest BCUT2D eigenvalue weighted by atomic mass is 35.5. The van der Waals surface area contributed by atoms with Crippen LogP contribution in [0.2, 0.25) is 5.02 Å². The van der Waals surface area contributed by atoms with Gasteiger partial charge in [0.25, 0.3) is 5.56 Å². The van der Waals surface area contributed by atoms with Crippen LogP contribution in [0.15, 0.2) is 65.6 Å². The van der Waals surface area contributed by atoms with Crippen LogP contribution in [0, 0.1) is 0 Å². The molecular formula is C23H23ClN6O2. The van der Waals surface area contributed by atoms with E-state index < -0.39 is 5.56 Å². The Morgan fingerprint density at radius 2 is 1.84 bits per heavy atom. The van der Waals surface area contributed by atoms with Gasteiger partial charge < -0.3 is 15.0 Å². The molecule has 3 heterocycles. The fraction of sp³-hybridized carbons (Fsp3) is 0.261. The van der Waals surface area contributed by atoms with Crippen LogP contribution in [0.25, 0.3) is 17.0 Å². The largest absolute Gasteiger partial charge is 0.379 e. The SMILES string of the molecule is O=c1c(Cl)c(N[C@@H](CN2CCOCC2)c2ccccc2)cnn1-c1nc2ccccc2[nH]1. The number of nitrogens with one attached hydrogen (secondary N) is 2. The van der Waals surface area contributed by atoms with Gasteiger partial charge in [0, 0.05) is 19.6 Å². The Kier molecular flexibility index (Phi) is 5.89. The van der Waals surface area contributed by atoms with Crippen molar-refractivity contribution in [3.8, 4) is 5.95 Å². The molecule has 1 fully saturated rings. The van der Waals surface area contributed by atoms with E-state index in [4.69, 9.17) is 16.3 Å². The Morgan fingerprint density at radius 3 is 2.62 bits per heavy atom. The van der Waals surface area contributed by atoms with Gasteiger partial charge in [-0.3, -0.25) is 9.69 Å². The number of aromatic nitrogens is 4. The van der Waals surface area contributed by atoms with Crippen molar-refractivity contribution >= 4 is 28.3 Å². The highest BCUT2D eigenvalue weighted by Gasteiger charge is 2.21. The smallest absolute Gasteiger partial charge is 0.295 e. The van der Waals surface area contributed by atoms with Gasteiger partial charge in [0.05, 0.1) is 42.2 Å². The predicted molar refractivity (Wildman–Crippen MR) is 125 cm³/mol. The lowest BCUT2D eigenvalue weighted by atomic mass is 10.1. The van der Waals surface area contributed by atoms with Crippen molar-refractivity contribution in [3.05, 3.63) is 81.7 Å². The van der Waals surface area contributed by atoms with Crippen molar-refractivity contribution in [1.82, 2.24) is 24.6 Å². The van der Waals surface area contributed by atoms with E-state index in [1.807, 2.05) is 42.5 Å². The third kappa shape index (κ3) is 4.25. The van der Waals surface area contributed by atoms with Crippen LogP contribution in [0.3, 0.4) is 0 Å². The maximum atomic E-state index is 13.0. The lowest BCUT2D eigenvalue weighted by Gasteiger charge is -2.31. The van der Waals surface area contributed by atoms with E-state index >= 15 is 0 Å². The number of nitrogens with zero attached hydrogens (tertiary/aromatic N) is 4. The molecular weight excluding hydrogens is 428 g/mol. The number of hydrogen-bond donors (Lipinski definition) is 2. The molecule has 9 heteroatoms. The van der Waals surface area contributed by atoms with Crippen LogP contribution in [-0.4, -0.2) is 57.5 Å². The Morgan fingerprint density at radius 1 is 1.09 bits per heavy atom. The summed E-state index contributed by atoms with van der Waals surface area (Å²) in [5.74, 6) is 0.331. The predicted octanol–water partition coefficient (Wildman–Crippen LogP) is 3.25. The first kappa shape index (κ1) is 20.7. The summed E-state index contributed by atoms with van der Waals surface area (Å²) < 4.78 is 6.66. The Hall–Kier alpha value is -3.20. The van der Waals surface area contributed by atoms with Gasteiger partial charge in [-0.15, -0.1) is 0 Å². The number of anilines is 1. The number of halogens is 1. The molecule has 1 atom stereocenters. The van der Waals surface area contributed by atoms with E-state index in [-0.39, 0.29) is 11.1 Å². The molecule has 164 valence electrons. The minimum absolute atomic E-state index is 0.0601. The molecule has 1 saturated heterocycles. The van der Waals surface area contributed by atoms with Gasteiger partial charge in [0.2, 0.25) is 5.95 Å². The first-order valence-corrected chi connectivity index (χ1v) is 10.9. The highest BCUT2D eigenvalue weighted by molar-refractivity contribution is 6.33. The zero-order valence-corrected chi connectivity index (χ0v) is 18.1. The fourth-order valence-electron chi connectivity index (χ4n) is 3.87. The summed E-state index contributed by atoms with van der Waals surface area (Å²) in [6.07, 6.45) is 1.58. The van der Waals surface area contributed by atoms with E-state index in [1.165, 1.54) is 4.68 Å². The lowest BCUT2D eigenvalue weighted by Crippen LogP contribution is -2.40. The normalized spacial score (nSPS) is 15.7. The quantitative estimate of drug-likeness (QED) is 0.469. The summed E-state index contributed by atoms with van der Waals surface area (Å²) >= 11 is 6.51. The zero-order chi connectivity index (χ0) is 21.9. The van der Waals surface area contributed by atoms with Gasteiger partial charge >= 0.3 is 0 Å². The average molecular weight is 451 g/mol. The summed E-state index contributed by atoms with van der Waals surface area (Å²) in [7, 11) is 0. The van der Waals surface area contributed by atoms with Crippen LogP contribution in [0.5, 0.6) is 0 Å². The van der Waals surface area contributed by atoms with Crippen molar-refractivity contribution < 1.29 is 4.74 Å². The van der Waals surface area contributed by atoms with Crippen molar-refractivity contribution in [1.29, 1.82) is 0 Å². The number of rotatable bonds is 6. The molecule has 0 unspecified atom stereocenters. The van der Waals surface area contributed by atoms with Crippen molar-refractivity contribution in [2.45, 2.75) is 6.04 Å². The van der Waals surface area contributed by atoms with E-state index in [0.29, 0.717) is 11.6 Å². The van der Waals surface area contributed by atoms with Gasteiger partial charge in [0.1, 0.15) is 5.02 Å². The van der Waals surface area contributed by atoms with Crippen molar-refractivity contribution in [2.75, 3.05) is 38.2 Å². The first-order chi connectivity index (χ1) is 15.7. The van der Waals surface area contributed by atoms with Crippen LogP contribution in [0.4, 0.5) is 5.69 Å². The number of benzene rings is 2. The van der Waals surface area contributed by atoms with E-state index in [2.05, 4.69) is 37.4 Å². The monoisotopic (exact) mass is 450 g/mol. The summed E-state index contributed by atoms with van der Waals surface area (Å²) in [5.41, 5.74) is 2.74. The van der Waals surface area contributed by atoms with Crippen molar-refractivity contribution in [2.24, 2.45) is 0 Å². The Balaban J connectivity index is 1.44. The minimum atomic E-state index is -0.436. The van der Waals surface area contributed by atoms with Crippen LogP contribution >= 0.6 is 11.6 Å². The summed E-state index contributed by atoms with van der Waals surface area (Å²) in [4.78, 5) is 22.9. The molecule has 2 aromatic carbocycles. The van der Waals surface area contributed by atoms with E-state index in [1.54, 1.807) is 6.20 Å². The maximum absolute atomic E-state index is 13.0. The molecule has 0 bridgehead atoms. The Bertz CT molecular complexity index is 1230. The second kappa shape index (κ2) is 9.12. The molecule has 5 rings (SSSR count). The van der Waals surface area contributed by atoms with Crippen LogP contribution in [-0.2, 0) is 4.74 Å². The van der Waals surface area contributed by atoms with Crippen LogP contribution < -0.4 is 10.9 Å². The van der Waals surface area contributed by atoms with Crippen LogP contribution in [0.1, 0.15) is 11.6 Å². The topological polar surface area (TPSA) is 88.1 Å². The molecule has 0 saturated carbocycles. The standard InChI is InChI=1S/C23H23ClN6O2/c24-21-19(14-25-30(22(21)31)23-27-17-8-4-5-9-18(17)28-23)26-20(16-6-2-1-3-7-16)15-29-10-12-32-13-11-29/h1-9,14,20,26H,10-13,15H2,(H,27,28)/t20-/m0/s1. The van der Waals surface area contributed by atoms with Gasteiger partial charge in [-0.1, -0.05) is 54.1 Å². The third-order valence-corrected chi connectivity index (χ3v) is 5.94. The number of para-hydroxylation sites is 2. The summed E-state index contributed by atoms with van der Waals surface area (Å²) in [5, 5.41) is 7.84. The summed E-state index contributed by atoms with van der Waals surface area (Å²) in [6, 6.07) is 17.6. The first-order valence-electron chi connectivity index (χ1n) is 10.5. The number of hydrogen-bond acceptors (Lipinski definition) is 6. The molecule has 2 N–H and O–H groups in total. The fourth-order valence-corrected chi connectivity index (χ4v) is 4.06. The number of H-pyrrole nitrogens is 1. The van der Waals surface area contributed by atoms with Crippen molar-refractivity contribution in [3.63, 3.8) is 0 Å². The van der Waals surface area contributed by atoms with E-state index in [9.17, 15) is 4.79 Å². The van der Waals surface area contributed by atoms with Gasteiger partial charge in [-0.05, 0) is 17.7 Å². The number of aromatic amines is 1. The van der Waals surface area contributed by atoms with Gasteiger partial charge in [0.15, 0.2) is 0 Å². The second-order valence-corrected chi connectivity index (χ2v) is 8.07. The molecule has 0 amide bonds. The van der Waals surface area contributed by atoms with Gasteiger partial charge in [-0.2, -0.15) is 9.78 Å². The number of imidazole rings is 1. The molecule has 1 aliphatic heterocycles. The number of ether oxygens (including phenoxy) is 1. The molecule has 4 aromatic rings. The third-order valence-electron chi connectivity index (χ3n) is 5.57. The lowest BCUT2D eigenvalue weighted by molar-refractivity contribution is 0.0361. The minimum Gasteiger partial charge on any atom is -0.379 e. The molecule has 1 aliphatic rings. The Labute approximate surface area is 189 Å². The molecule has 0 spiro atoms. The molecule has 8 nitrogen and oxygen atoms in total.